The van der Waals surface area contributed by atoms with Gasteiger partial charge in [0.2, 0.25) is 0 Å². The first-order chi connectivity index (χ1) is 18.8. The number of aromatic nitrogens is 5. The summed E-state index contributed by atoms with van der Waals surface area (Å²) in [7, 11) is 0. The van der Waals surface area contributed by atoms with Gasteiger partial charge in [-0.3, -0.25) is 15.4 Å². The topological polar surface area (TPSA) is 103 Å². The Morgan fingerprint density at radius 2 is 1.89 bits per heavy atom. The zero-order valence-corrected chi connectivity index (χ0v) is 21.7. The maximum Gasteiger partial charge on any atom is 0.178 e. The molecule has 4 N–H and O–H groups in total. The lowest BCUT2D eigenvalue weighted by Crippen LogP contribution is -2.34. The first-order valence-corrected chi connectivity index (χ1v) is 14.2. The van der Waals surface area contributed by atoms with Gasteiger partial charge >= 0.3 is 0 Å². The molecular weight excluding hydrogens is 472 g/mol. The van der Waals surface area contributed by atoms with Crippen molar-refractivity contribution in [2.45, 2.75) is 69.5 Å². The fourth-order valence-electron chi connectivity index (χ4n) is 6.91. The number of hydrazine groups is 1. The highest BCUT2D eigenvalue weighted by molar-refractivity contribution is 5.88. The van der Waals surface area contributed by atoms with E-state index in [1.54, 1.807) is 0 Å². The number of nitrogens with one attached hydrogen (secondary N) is 4. The van der Waals surface area contributed by atoms with Gasteiger partial charge in [0.15, 0.2) is 5.65 Å². The second kappa shape index (κ2) is 10.5. The van der Waals surface area contributed by atoms with E-state index in [1.165, 1.54) is 43.2 Å². The molecule has 3 fully saturated rings. The Hall–Kier alpha value is -3.20. The number of H-pyrrole nitrogens is 1. The van der Waals surface area contributed by atoms with Crippen LogP contribution in [0.5, 0.6) is 0 Å². The lowest BCUT2D eigenvalue weighted by atomic mass is 9.73. The van der Waals surface area contributed by atoms with Crippen LogP contribution in [0.15, 0.2) is 55.1 Å². The number of rotatable bonds is 7. The molecule has 4 unspecified atom stereocenters. The third kappa shape index (κ3) is 4.72. The van der Waals surface area contributed by atoms with Gasteiger partial charge in [-0.05, 0) is 85.7 Å². The summed E-state index contributed by atoms with van der Waals surface area (Å²) < 4.78 is 0. The van der Waals surface area contributed by atoms with Crippen molar-refractivity contribution in [1.29, 1.82) is 0 Å². The number of pyridine rings is 3. The van der Waals surface area contributed by atoms with Gasteiger partial charge in [0, 0.05) is 42.9 Å². The second-order valence-corrected chi connectivity index (χ2v) is 11.3. The smallest absolute Gasteiger partial charge is 0.178 e. The van der Waals surface area contributed by atoms with E-state index in [9.17, 15) is 0 Å². The van der Waals surface area contributed by atoms with Crippen LogP contribution >= 0.6 is 0 Å². The molecule has 1 saturated heterocycles. The first-order valence-electron chi connectivity index (χ1n) is 14.2. The van der Waals surface area contributed by atoms with Gasteiger partial charge < -0.3 is 10.3 Å². The highest BCUT2D eigenvalue weighted by Crippen LogP contribution is 2.44. The molecule has 2 saturated carbocycles. The second-order valence-electron chi connectivity index (χ2n) is 11.3. The van der Waals surface area contributed by atoms with E-state index in [4.69, 9.17) is 4.98 Å². The van der Waals surface area contributed by atoms with Gasteiger partial charge in [-0.2, -0.15) is 0 Å². The Kier molecular flexibility index (Phi) is 6.61. The molecule has 0 spiro atoms. The number of hydrogen-bond donors (Lipinski definition) is 4. The molecule has 1 aliphatic heterocycles. The van der Waals surface area contributed by atoms with Crippen molar-refractivity contribution in [3.63, 3.8) is 0 Å². The van der Waals surface area contributed by atoms with Crippen molar-refractivity contribution < 1.29 is 0 Å². The summed E-state index contributed by atoms with van der Waals surface area (Å²) in [5, 5.41) is 3.69. The molecule has 0 bridgehead atoms. The van der Waals surface area contributed by atoms with E-state index < -0.39 is 0 Å². The van der Waals surface area contributed by atoms with Crippen LogP contribution in [-0.2, 0) is 6.54 Å². The summed E-state index contributed by atoms with van der Waals surface area (Å²) in [6, 6.07) is 10.9. The summed E-state index contributed by atoms with van der Waals surface area (Å²) in [5.74, 6) is 2.75. The minimum atomic E-state index is 0.109. The average molecular weight is 509 g/mol. The molecule has 8 nitrogen and oxygen atoms in total. The summed E-state index contributed by atoms with van der Waals surface area (Å²) >= 11 is 0. The van der Waals surface area contributed by atoms with E-state index in [1.807, 2.05) is 42.9 Å². The van der Waals surface area contributed by atoms with Crippen molar-refractivity contribution >= 4 is 11.2 Å². The van der Waals surface area contributed by atoms with Gasteiger partial charge in [-0.1, -0.05) is 25.0 Å². The Morgan fingerprint density at radius 3 is 2.79 bits per heavy atom. The quantitative estimate of drug-likeness (QED) is 0.284. The summed E-state index contributed by atoms with van der Waals surface area (Å²) in [6.45, 7) is 2.04. The number of aromatic amines is 1. The largest absolute Gasteiger partial charge is 0.339 e. The SMILES string of the molecule is c1ccc(-c2ccnc3nc(C4NNC5CCC(c6cncc(CNCC7CCCC7)c6)CC54)[nH]c23)nc1. The molecule has 0 amide bonds. The van der Waals surface area contributed by atoms with E-state index in [2.05, 4.69) is 48.4 Å². The average Bonchev–Trinajstić information content (AvgIpc) is 3.73. The van der Waals surface area contributed by atoms with Crippen LogP contribution < -0.4 is 16.2 Å². The molecule has 38 heavy (non-hydrogen) atoms. The molecule has 4 atom stereocenters. The predicted molar refractivity (Wildman–Crippen MR) is 148 cm³/mol. The van der Waals surface area contributed by atoms with Crippen LogP contribution in [0.4, 0.5) is 0 Å². The minimum absolute atomic E-state index is 0.109. The first kappa shape index (κ1) is 23.9. The summed E-state index contributed by atoms with van der Waals surface area (Å²) in [6.07, 6.45) is 16.7. The number of nitrogens with zero attached hydrogens (tertiary/aromatic N) is 4. The molecule has 8 heteroatoms. The molecule has 4 aromatic heterocycles. The highest BCUT2D eigenvalue weighted by atomic mass is 15.4. The molecule has 5 heterocycles. The standard InChI is InChI=1S/C30H36N8/c1-2-6-19(5-1)15-31-16-20-13-22(18-32-17-20)21-8-9-26-24(14-21)28(38-37-26)30-35-27-23(10-12-34-29(27)36-30)25-7-3-4-11-33-25/h3-4,7,10-13,17-19,21,24,26,28,31,37-38H,1-2,5-6,8-9,14-16H2,(H,34,35,36). The van der Waals surface area contributed by atoms with Crippen molar-refractivity contribution in [3.8, 4) is 11.3 Å². The maximum atomic E-state index is 4.93. The molecule has 4 aromatic rings. The normalized spacial score (nSPS) is 25.7. The van der Waals surface area contributed by atoms with Crippen molar-refractivity contribution in [2.75, 3.05) is 6.54 Å². The van der Waals surface area contributed by atoms with Crippen LogP contribution in [0.3, 0.4) is 0 Å². The molecule has 2 aliphatic carbocycles. The van der Waals surface area contributed by atoms with E-state index in [0.29, 0.717) is 17.9 Å². The third-order valence-electron chi connectivity index (χ3n) is 8.92. The molecule has 0 radical (unpaired) electrons. The van der Waals surface area contributed by atoms with E-state index in [0.717, 1.165) is 60.1 Å². The Bertz CT molecular complexity index is 1380. The Morgan fingerprint density at radius 1 is 0.947 bits per heavy atom. The van der Waals surface area contributed by atoms with Crippen LogP contribution in [0.1, 0.15) is 73.9 Å². The molecule has 3 aliphatic rings. The zero-order chi connectivity index (χ0) is 25.3. The minimum Gasteiger partial charge on any atom is -0.339 e. The van der Waals surface area contributed by atoms with Crippen molar-refractivity contribution in [1.82, 2.24) is 41.1 Å². The fourth-order valence-corrected chi connectivity index (χ4v) is 6.91. The van der Waals surface area contributed by atoms with Gasteiger partial charge in [0.25, 0.3) is 0 Å². The Balaban J connectivity index is 1.08. The monoisotopic (exact) mass is 508 g/mol. The van der Waals surface area contributed by atoms with Crippen molar-refractivity contribution in [2.24, 2.45) is 11.8 Å². The fraction of sp³-hybridized carbons (Fsp3) is 0.467. The van der Waals surface area contributed by atoms with Gasteiger partial charge in [-0.25, -0.2) is 15.4 Å². The lowest BCUT2D eigenvalue weighted by molar-refractivity contribution is 0.274. The van der Waals surface area contributed by atoms with Gasteiger partial charge in [0.1, 0.15) is 5.82 Å². The van der Waals surface area contributed by atoms with Crippen molar-refractivity contribution in [3.05, 3.63) is 72.1 Å². The highest BCUT2D eigenvalue weighted by Gasteiger charge is 2.42. The number of hydrogen-bond acceptors (Lipinski definition) is 7. The molecule has 196 valence electrons. The number of fused-ring (bicyclic) bond motifs is 2. The summed E-state index contributed by atoms with van der Waals surface area (Å²) in [4.78, 5) is 22.3. The maximum absolute atomic E-state index is 4.93. The van der Waals surface area contributed by atoms with Crippen LogP contribution in [-0.4, -0.2) is 37.5 Å². The van der Waals surface area contributed by atoms with Crippen LogP contribution in [0.25, 0.3) is 22.4 Å². The van der Waals surface area contributed by atoms with Gasteiger partial charge in [0.05, 0.1) is 17.3 Å². The predicted octanol–water partition coefficient (Wildman–Crippen LogP) is 4.80. The van der Waals surface area contributed by atoms with E-state index in [-0.39, 0.29) is 6.04 Å². The third-order valence-corrected chi connectivity index (χ3v) is 8.92. The van der Waals surface area contributed by atoms with E-state index >= 15 is 0 Å². The van der Waals surface area contributed by atoms with Crippen LogP contribution in [0.2, 0.25) is 0 Å². The van der Waals surface area contributed by atoms with Crippen LogP contribution in [0, 0.1) is 11.8 Å². The lowest BCUT2D eigenvalue weighted by Gasteiger charge is -2.33. The number of imidazole rings is 1. The molecule has 7 rings (SSSR count). The summed E-state index contributed by atoms with van der Waals surface area (Å²) in [5.41, 5.74) is 13.4. The van der Waals surface area contributed by atoms with Gasteiger partial charge in [-0.15, -0.1) is 0 Å². The zero-order valence-electron chi connectivity index (χ0n) is 21.7. The molecular formula is C30H36N8. The molecule has 0 aromatic carbocycles. The Labute approximate surface area is 223 Å².